The Morgan fingerprint density at radius 1 is 1.42 bits per heavy atom. The van der Waals surface area contributed by atoms with Crippen molar-refractivity contribution in [1.82, 2.24) is 14.9 Å². The summed E-state index contributed by atoms with van der Waals surface area (Å²) in [5, 5.41) is 3.41. The molecule has 0 saturated heterocycles. The fraction of sp³-hybridized carbons (Fsp3) is 0.200. The quantitative estimate of drug-likeness (QED) is 0.883. The number of rotatable bonds is 5. The Morgan fingerprint density at radius 3 is 2.84 bits per heavy atom. The van der Waals surface area contributed by atoms with E-state index in [0.717, 1.165) is 12.1 Å². The third kappa shape index (κ3) is 3.58. The predicted octanol–water partition coefficient (Wildman–Crippen LogP) is 1.49. The first-order valence-corrected chi connectivity index (χ1v) is 7.47. The number of nitrogens with zero attached hydrogens (tertiary/aromatic N) is 2. The zero-order chi connectivity index (χ0) is 13.9. The summed E-state index contributed by atoms with van der Waals surface area (Å²) in [6, 6.07) is 3.36. The first-order valence-electron chi connectivity index (χ1n) is 5.19. The van der Waals surface area contributed by atoms with E-state index in [2.05, 4.69) is 30.8 Å². The fourth-order valence-corrected chi connectivity index (χ4v) is 3.45. The van der Waals surface area contributed by atoms with E-state index >= 15 is 0 Å². The van der Waals surface area contributed by atoms with Crippen LogP contribution in [0, 0.1) is 5.82 Å². The second-order valence-electron chi connectivity index (χ2n) is 3.56. The summed E-state index contributed by atoms with van der Waals surface area (Å²) < 4.78 is 44.1. The molecular weight excluding hydrogens is 341 g/mol. The Hall–Kier alpha value is -1.32. The molecule has 1 aromatic carbocycles. The molecule has 0 spiro atoms. The van der Waals surface area contributed by atoms with Gasteiger partial charge < -0.3 is 4.52 Å². The highest BCUT2D eigenvalue weighted by Gasteiger charge is 2.17. The molecule has 0 amide bonds. The van der Waals surface area contributed by atoms with Gasteiger partial charge >= 0.3 is 0 Å². The lowest BCUT2D eigenvalue weighted by molar-refractivity contribution is 0.377. The highest BCUT2D eigenvalue weighted by Crippen LogP contribution is 2.22. The second kappa shape index (κ2) is 5.76. The number of aromatic nitrogens is 2. The minimum Gasteiger partial charge on any atom is -0.340 e. The molecule has 102 valence electrons. The van der Waals surface area contributed by atoms with Crippen LogP contribution in [-0.2, 0) is 16.4 Å². The van der Waals surface area contributed by atoms with Gasteiger partial charge in [-0.25, -0.2) is 17.5 Å². The lowest BCUT2D eigenvalue weighted by Gasteiger charge is -2.07. The van der Waals surface area contributed by atoms with Crippen molar-refractivity contribution in [3.05, 3.63) is 40.7 Å². The zero-order valence-corrected chi connectivity index (χ0v) is 11.9. The molecule has 2 rings (SSSR count). The third-order valence-corrected chi connectivity index (χ3v) is 4.66. The minimum absolute atomic E-state index is 0.0283. The summed E-state index contributed by atoms with van der Waals surface area (Å²) in [5.74, 6) is -0.183. The first-order chi connectivity index (χ1) is 8.99. The van der Waals surface area contributed by atoms with Gasteiger partial charge in [-0.2, -0.15) is 4.98 Å². The molecule has 9 heteroatoms. The van der Waals surface area contributed by atoms with Crippen LogP contribution in [-0.4, -0.2) is 25.1 Å². The lowest BCUT2D eigenvalue weighted by Crippen LogP contribution is -2.26. The summed E-state index contributed by atoms with van der Waals surface area (Å²) >= 11 is 3.01. The molecule has 0 radical (unpaired) electrons. The molecule has 0 fully saturated rings. The SMILES string of the molecule is O=S(=O)(NCCc1ncno1)c1ccc(F)cc1Br. The number of sulfonamides is 1. The second-order valence-corrected chi connectivity index (χ2v) is 6.15. The van der Waals surface area contributed by atoms with Gasteiger partial charge in [0.25, 0.3) is 0 Å². The van der Waals surface area contributed by atoms with E-state index in [1.165, 1.54) is 12.4 Å². The van der Waals surface area contributed by atoms with Gasteiger partial charge in [0.15, 0.2) is 6.33 Å². The van der Waals surface area contributed by atoms with Crippen molar-refractivity contribution in [2.24, 2.45) is 0 Å². The Labute approximate surface area is 117 Å². The number of benzene rings is 1. The smallest absolute Gasteiger partial charge is 0.241 e. The minimum atomic E-state index is -3.71. The highest BCUT2D eigenvalue weighted by atomic mass is 79.9. The normalized spacial score (nSPS) is 11.7. The zero-order valence-electron chi connectivity index (χ0n) is 9.51. The molecule has 0 atom stereocenters. The Morgan fingerprint density at radius 2 is 2.21 bits per heavy atom. The van der Waals surface area contributed by atoms with Crippen LogP contribution >= 0.6 is 15.9 Å². The number of nitrogens with one attached hydrogen (secondary N) is 1. The van der Waals surface area contributed by atoms with Crippen LogP contribution in [0.2, 0.25) is 0 Å². The van der Waals surface area contributed by atoms with Gasteiger partial charge in [0.2, 0.25) is 15.9 Å². The van der Waals surface area contributed by atoms with Crippen LogP contribution in [0.25, 0.3) is 0 Å². The average Bonchev–Trinajstić information content (AvgIpc) is 2.81. The number of halogens is 2. The molecule has 1 aromatic heterocycles. The topological polar surface area (TPSA) is 85.1 Å². The van der Waals surface area contributed by atoms with E-state index in [-0.39, 0.29) is 22.3 Å². The molecule has 0 bridgehead atoms. The maximum atomic E-state index is 12.9. The molecule has 1 heterocycles. The van der Waals surface area contributed by atoms with Crippen molar-refractivity contribution < 1.29 is 17.3 Å². The maximum Gasteiger partial charge on any atom is 0.241 e. The monoisotopic (exact) mass is 349 g/mol. The van der Waals surface area contributed by atoms with Crippen LogP contribution in [0.4, 0.5) is 4.39 Å². The molecule has 6 nitrogen and oxygen atoms in total. The van der Waals surface area contributed by atoms with Crippen molar-refractivity contribution in [2.75, 3.05) is 6.54 Å². The summed E-state index contributed by atoms with van der Waals surface area (Å²) in [5.41, 5.74) is 0. The first kappa shape index (κ1) is 14.1. The van der Waals surface area contributed by atoms with Crippen molar-refractivity contribution in [3.8, 4) is 0 Å². The number of hydrogen-bond donors (Lipinski definition) is 1. The third-order valence-electron chi connectivity index (χ3n) is 2.22. The van der Waals surface area contributed by atoms with E-state index in [4.69, 9.17) is 4.52 Å². The Bertz CT molecular complexity index is 661. The number of hydrogen-bond acceptors (Lipinski definition) is 5. The fourth-order valence-electron chi connectivity index (χ4n) is 1.37. The van der Waals surface area contributed by atoms with E-state index in [0.29, 0.717) is 5.89 Å². The van der Waals surface area contributed by atoms with Gasteiger partial charge in [0.1, 0.15) is 5.82 Å². The molecule has 0 saturated carbocycles. The largest absolute Gasteiger partial charge is 0.340 e. The van der Waals surface area contributed by atoms with E-state index in [9.17, 15) is 12.8 Å². The van der Waals surface area contributed by atoms with Gasteiger partial charge in [0, 0.05) is 17.4 Å². The predicted molar refractivity (Wildman–Crippen MR) is 67.3 cm³/mol. The van der Waals surface area contributed by atoms with E-state index in [1.807, 2.05) is 0 Å². The molecule has 2 aromatic rings. The van der Waals surface area contributed by atoms with Gasteiger partial charge in [-0.3, -0.25) is 0 Å². The molecular formula is C10H9BrFN3O3S. The van der Waals surface area contributed by atoms with Gasteiger partial charge in [0.05, 0.1) is 4.90 Å². The summed E-state index contributed by atoms with van der Waals surface area (Å²) in [6.07, 6.45) is 1.51. The Kier molecular flexibility index (Phi) is 4.27. The Balaban J connectivity index is 2.05. The van der Waals surface area contributed by atoms with Gasteiger partial charge in [-0.15, -0.1) is 0 Å². The van der Waals surface area contributed by atoms with Crippen LogP contribution in [0.15, 0.2) is 38.4 Å². The van der Waals surface area contributed by atoms with E-state index < -0.39 is 15.8 Å². The molecule has 1 N–H and O–H groups in total. The van der Waals surface area contributed by atoms with E-state index in [1.54, 1.807) is 0 Å². The van der Waals surface area contributed by atoms with Crippen molar-refractivity contribution in [2.45, 2.75) is 11.3 Å². The summed E-state index contributed by atoms with van der Waals surface area (Å²) in [4.78, 5) is 3.74. The molecule has 19 heavy (non-hydrogen) atoms. The molecule has 0 aliphatic heterocycles. The average molecular weight is 350 g/mol. The van der Waals surface area contributed by atoms with Crippen molar-refractivity contribution in [1.29, 1.82) is 0 Å². The standard InChI is InChI=1S/C10H9BrFN3O3S/c11-8-5-7(12)1-2-9(8)19(16,17)15-4-3-10-13-6-14-18-10/h1-2,5-6,15H,3-4H2. The maximum absolute atomic E-state index is 12.9. The summed E-state index contributed by atoms with van der Waals surface area (Å²) in [7, 11) is -3.71. The van der Waals surface area contributed by atoms with Crippen LogP contribution < -0.4 is 4.72 Å². The van der Waals surface area contributed by atoms with Crippen molar-refractivity contribution >= 4 is 26.0 Å². The van der Waals surface area contributed by atoms with Crippen LogP contribution in [0.5, 0.6) is 0 Å². The van der Waals surface area contributed by atoms with Gasteiger partial charge in [-0.1, -0.05) is 5.16 Å². The summed E-state index contributed by atoms with van der Waals surface area (Å²) in [6.45, 7) is 0.105. The van der Waals surface area contributed by atoms with Crippen LogP contribution in [0.1, 0.15) is 5.89 Å². The molecule has 0 aliphatic rings. The van der Waals surface area contributed by atoms with Crippen LogP contribution in [0.3, 0.4) is 0 Å². The molecule has 0 unspecified atom stereocenters. The van der Waals surface area contributed by atoms with Gasteiger partial charge in [-0.05, 0) is 34.1 Å². The lowest BCUT2D eigenvalue weighted by atomic mass is 10.3. The van der Waals surface area contributed by atoms with Crippen molar-refractivity contribution in [3.63, 3.8) is 0 Å². The highest BCUT2D eigenvalue weighted by molar-refractivity contribution is 9.10. The molecule has 0 aliphatic carbocycles.